The lowest BCUT2D eigenvalue weighted by Crippen LogP contribution is -1.95. The van der Waals surface area contributed by atoms with E-state index in [1.165, 1.54) is 12.1 Å². The van der Waals surface area contributed by atoms with Crippen LogP contribution in [0.4, 0.5) is 21.5 Å². The van der Waals surface area contributed by atoms with Gasteiger partial charge in [-0.2, -0.15) is 0 Å². The Morgan fingerprint density at radius 3 is 2.88 bits per heavy atom. The van der Waals surface area contributed by atoms with Gasteiger partial charge in [-0.05, 0) is 24.6 Å². The number of rotatable bonds is 0. The zero-order chi connectivity index (χ0) is 11.8. The lowest BCUT2D eigenvalue weighted by molar-refractivity contribution is 0.627. The predicted molar refractivity (Wildman–Crippen MR) is 68.1 cm³/mol. The van der Waals surface area contributed by atoms with Crippen LogP contribution in [0.15, 0.2) is 41.4 Å². The Kier molecular flexibility index (Phi) is 2.18. The summed E-state index contributed by atoms with van der Waals surface area (Å²) in [6.45, 7) is 1.87. The third-order valence-corrected chi connectivity index (χ3v) is 2.84. The molecule has 2 aromatic carbocycles. The first-order valence-corrected chi connectivity index (χ1v) is 5.44. The number of aliphatic imine (C=N–C) groups is 1. The van der Waals surface area contributed by atoms with Crippen LogP contribution in [0, 0.1) is 12.7 Å². The van der Waals surface area contributed by atoms with Gasteiger partial charge in [-0.15, -0.1) is 0 Å². The molecule has 1 aliphatic rings. The van der Waals surface area contributed by atoms with Gasteiger partial charge < -0.3 is 5.32 Å². The second-order valence-electron chi connectivity index (χ2n) is 4.09. The molecule has 0 unspecified atom stereocenters. The van der Waals surface area contributed by atoms with Crippen molar-refractivity contribution in [3.63, 3.8) is 0 Å². The Morgan fingerprint density at radius 2 is 2.00 bits per heavy atom. The van der Waals surface area contributed by atoms with Gasteiger partial charge in [0.15, 0.2) is 0 Å². The quantitative estimate of drug-likeness (QED) is 0.616. The van der Waals surface area contributed by atoms with Gasteiger partial charge in [-0.1, -0.05) is 18.2 Å². The Hall–Kier alpha value is -2.16. The molecule has 3 heteroatoms. The number of fused-ring (bicyclic) bond motifs is 2. The number of hydrogen-bond acceptors (Lipinski definition) is 2. The van der Waals surface area contributed by atoms with Gasteiger partial charge >= 0.3 is 0 Å². The van der Waals surface area contributed by atoms with Crippen molar-refractivity contribution < 1.29 is 4.39 Å². The van der Waals surface area contributed by atoms with Crippen molar-refractivity contribution in [2.75, 3.05) is 5.32 Å². The highest BCUT2D eigenvalue weighted by Gasteiger charge is 2.12. The van der Waals surface area contributed by atoms with Crippen molar-refractivity contribution in [2.24, 2.45) is 4.99 Å². The highest BCUT2D eigenvalue weighted by molar-refractivity contribution is 5.95. The molecule has 0 aromatic heterocycles. The monoisotopic (exact) mass is 226 g/mol. The topological polar surface area (TPSA) is 24.4 Å². The maximum atomic E-state index is 13.3. The third kappa shape index (κ3) is 1.69. The van der Waals surface area contributed by atoms with E-state index in [4.69, 9.17) is 0 Å². The number of aryl methyl sites for hydroxylation is 1. The van der Waals surface area contributed by atoms with Crippen LogP contribution in [0.5, 0.6) is 0 Å². The van der Waals surface area contributed by atoms with Crippen LogP contribution in [0.1, 0.15) is 11.1 Å². The highest BCUT2D eigenvalue weighted by Crippen LogP contribution is 2.35. The van der Waals surface area contributed by atoms with Crippen LogP contribution in [-0.4, -0.2) is 6.21 Å². The van der Waals surface area contributed by atoms with Crippen molar-refractivity contribution in [1.29, 1.82) is 0 Å². The number of benzene rings is 2. The number of nitrogens with zero attached hydrogens (tertiary/aromatic N) is 1. The van der Waals surface area contributed by atoms with E-state index in [9.17, 15) is 4.39 Å². The maximum Gasteiger partial charge on any atom is 0.125 e. The van der Waals surface area contributed by atoms with Crippen LogP contribution in [0.3, 0.4) is 0 Å². The summed E-state index contributed by atoms with van der Waals surface area (Å²) >= 11 is 0. The molecule has 3 rings (SSSR count). The van der Waals surface area contributed by atoms with Crippen molar-refractivity contribution in [1.82, 2.24) is 0 Å². The molecule has 0 saturated carbocycles. The van der Waals surface area contributed by atoms with Gasteiger partial charge in [0, 0.05) is 23.5 Å². The van der Waals surface area contributed by atoms with Gasteiger partial charge in [0.05, 0.1) is 11.4 Å². The molecule has 0 aliphatic carbocycles. The van der Waals surface area contributed by atoms with Gasteiger partial charge in [0.1, 0.15) is 5.82 Å². The summed E-state index contributed by atoms with van der Waals surface area (Å²) in [6.07, 6.45) is 1.76. The summed E-state index contributed by atoms with van der Waals surface area (Å²) in [7, 11) is 0. The van der Waals surface area contributed by atoms with Gasteiger partial charge in [-0.3, -0.25) is 4.99 Å². The van der Waals surface area contributed by atoms with E-state index in [0.29, 0.717) is 5.69 Å². The summed E-state index contributed by atoms with van der Waals surface area (Å²) in [5.74, 6) is -0.258. The molecule has 2 nitrogen and oxygen atoms in total. The molecular formula is C14H11FN2. The van der Waals surface area contributed by atoms with Crippen LogP contribution in [0.25, 0.3) is 0 Å². The minimum Gasteiger partial charge on any atom is -0.353 e. The third-order valence-electron chi connectivity index (χ3n) is 2.84. The fourth-order valence-electron chi connectivity index (χ4n) is 1.99. The number of hydrogen-bond donors (Lipinski definition) is 1. The van der Waals surface area contributed by atoms with Crippen LogP contribution >= 0.6 is 0 Å². The van der Waals surface area contributed by atoms with Crippen molar-refractivity contribution in [2.45, 2.75) is 6.92 Å². The summed E-state index contributed by atoms with van der Waals surface area (Å²) < 4.78 is 13.3. The lowest BCUT2D eigenvalue weighted by Gasteiger charge is -2.11. The number of anilines is 2. The molecule has 0 amide bonds. The Morgan fingerprint density at radius 1 is 1.18 bits per heavy atom. The van der Waals surface area contributed by atoms with Gasteiger partial charge in [0.2, 0.25) is 0 Å². The van der Waals surface area contributed by atoms with Crippen LogP contribution < -0.4 is 5.32 Å². The zero-order valence-corrected chi connectivity index (χ0v) is 9.37. The molecule has 0 atom stereocenters. The first kappa shape index (κ1) is 10.0. The molecule has 0 radical (unpaired) electrons. The fraction of sp³-hybridized carbons (Fsp3) is 0.0714. The van der Waals surface area contributed by atoms with Crippen molar-refractivity contribution >= 4 is 23.3 Å². The molecule has 1 aliphatic heterocycles. The molecule has 0 bridgehead atoms. The van der Waals surface area contributed by atoms with E-state index in [0.717, 1.165) is 22.5 Å². The Labute approximate surface area is 98.8 Å². The second kappa shape index (κ2) is 3.70. The largest absolute Gasteiger partial charge is 0.353 e. The second-order valence-corrected chi connectivity index (χ2v) is 4.09. The Balaban J connectivity index is 2.22. The molecule has 84 valence electrons. The van der Waals surface area contributed by atoms with E-state index in [1.807, 2.05) is 31.2 Å². The van der Waals surface area contributed by atoms with Crippen molar-refractivity contribution in [3.05, 3.63) is 53.3 Å². The summed E-state index contributed by atoms with van der Waals surface area (Å²) in [6, 6.07) is 10.8. The highest BCUT2D eigenvalue weighted by atomic mass is 19.1. The summed E-state index contributed by atoms with van der Waals surface area (Å²) in [5.41, 5.74) is 4.35. The van der Waals surface area contributed by atoms with Gasteiger partial charge in [0.25, 0.3) is 0 Å². The number of nitrogens with one attached hydrogen (secondary N) is 1. The molecule has 2 aromatic rings. The lowest BCUT2D eigenvalue weighted by atomic mass is 10.1. The summed E-state index contributed by atoms with van der Waals surface area (Å²) in [5, 5.41) is 3.31. The molecule has 1 heterocycles. The average molecular weight is 226 g/mol. The maximum absolute atomic E-state index is 13.3. The molecule has 0 fully saturated rings. The van der Waals surface area contributed by atoms with Crippen LogP contribution in [-0.2, 0) is 0 Å². The normalized spacial score (nSPS) is 12.4. The fourth-order valence-corrected chi connectivity index (χ4v) is 1.99. The van der Waals surface area contributed by atoms with Crippen molar-refractivity contribution in [3.8, 4) is 0 Å². The van der Waals surface area contributed by atoms with Gasteiger partial charge in [-0.25, -0.2) is 4.39 Å². The van der Waals surface area contributed by atoms with E-state index in [1.54, 1.807) is 6.21 Å². The predicted octanol–water partition coefficient (Wildman–Crippen LogP) is 3.94. The van der Waals surface area contributed by atoms with E-state index >= 15 is 0 Å². The van der Waals surface area contributed by atoms with E-state index < -0.39 is 0 Å². The Bertz CT molecular complexity index is 618. The first-order valence-electron chi connectivity index (χ1n) is 5.44. The number of halogens is 1. The SMILES string of the molecule is Cc1cc(F)cc2c1Nc1ccccc1C=N2. The molecule has 0 saturated heterocycles. The average Bonchev–Trinajstić information content (AvgIpc) is 2.49. The zero-order valence-electron chi connectivity index (χ0n) is 9.37. The minimum atomic E-state index is -0.258. The van der Waals surface area contributed by atoms with E-state index in [-0.39, 0.29) is 5.82 Å². The first-order chi connectivity index (χ1) is 8.24. The smallest absolute Gasteiger partial charge is 0.125 e. The number of para-hydroxylation sites is 1. The minimum absolute atomic E-state index is 0.258. The van der Waals surface area contributed by atoms with E-state index in [2.05, 4.69) is 10.3 Å². The molecule has 17 heavy (non-hydrogen) atoms. The standard InChI is InChI=1S/C14H11FN2/c1-9-6-11(15)7-13-14(9)17-12-5-3-2-4-10(12)8-16-13/h2-8,17H,1H3. The summed E-state index contributed by atoms with van der Waals surface area (Å²) in [4.78, 5) is 4.32. The molecule has 0 spiro atoms. The molecular weight excluding hydrogens is 215 g/mol. The van der Waals surface area contributed by atoms with Crippen LogP contribution in [0.2, 0.25) is 0 Å². The molecule has 1 N–H and O–H groups in total.